The Hall–Kier alpha value is -2.89. The van der Waals surface area contributed by atoms with E-state index in [0.29, 0.717) is 34.6 Å². The van der Waals surface area contributed by atoms with Gasteiger partial charge in [0.05, 0.1) is 13.2 Å². The minimum absolute atomic E-state index is 0.177. The first-order valence-electron chi connectivity index (χ1n) is 10.2. The third-order valence-electron chi connectivity index (χ3n) is 5.52. The molecule has 1 heterocycles. The van der Waals surface area contributed by atoms with Crippen molar-refractivity contribution in [3.8, 4) is 0 Å². The Labute approximate surface area is 178 Å². The summed E-state index contributed by atoms with van der Waals surface area (Å²) in [6.45, 7) is 11.7. The van der Waals surface area contributed by atoms with Crippen molar-refractivity contribution >= 4 is 17.7 Å². The van der Waals surface area contributed by atoms with Gasteiger partial charge in [0, 0.05) is 30.4 Å². The molecule has 6 nitrogen and oxygen atoms in total. The predicted octanol–water partition coefficient (Wildman–Crippen LogP) is 4.11. The first-order valence-corrected chi connectivity index (χ1v) is 10.2. The molecule has 1 aromatic carbocycles. The third-order valence-corrected chi connectivity index (χ3v) is 5.52. The molecule has 1 amide bonds. The maximum absolute atomic E-state index is 13.5. The van der Waals surface area contributed by atoms with E-state index in [4.69, 9.17) is 4.74 Å². The van der Waals surface area contributed by atoms with E-state index in [1.54, 1.807) is 49.4 Å². The van der Waals surface area contributed by atoms with Crippen LogP contribution in [0.25, 0.3) is 0 Å². The van der Waals surface area contributed by atoms with Gasteiger partial charge in [-0.2, -0.15) is 0 Å². The van der Waals surface area contributed by atoms with Crippen LogP contribution in [0.4, 0.5) is 0 Å². The quantitative estimate of drug-likeness (QED) is 0.507. The molecule has 30 heavy (non-hydrogen) atoms. The van der Waals surface area contributed by atoms with Gasteiger partial charge >= 0.3 is 5.97 Å². The van der Waals surface area contributed by atoms with Crippen LogP contribution in [0.2, 0.25) is 0 Å². The largest absolute Gasteiger partial charge is 0.464 e. The molecule has 0 radical (unpaired) electrons. The lowest BCUT2D eigenvalue weighted by atomic mass is 9.98. The molecule has 0 spiro atoms. The number of hydrogen-bond donors (Lipinski definition) is 0. The number of methoxy groups -OCH3 is 1. The molecule has 0 aliphatic heterocycles. The van der Waals surface area contributed by atoms with Gasteiger partial charge in [-0.05, 0) is 51.3 Å². The summed E-state index contributed by atoms with van der Waals surface area (Å²) in [6, 6.07) is 6.68. The summed E-state index contributed by atoms with van der Waals surface area (Å²) in [4.78, 5) is 40.6. The van der Waals surface area contributed by atoms with E-state index in [2.05, 4.69) is 0 Å². The van der Waals surface area contributed by atoms with Crippen LogP contribution < -0.4 is 0 Å². The number of esters is 1. The number of carbonyl (C=O) groups excluding carboxylic acids is 3. The number of rotatable bonds is 7. The lowest BCUT2D eigenvalue weighted by molar-refractivity contribution is 0.0587. The summed E-state index contributed by atoms with van der Waals surface area (Å²) in [5, 5.41) is 0. The van der Waals surface area contributed by atoms with Crippen LogP contribution in [0.3, 0.4) is 0 Å². The first kappa shape index (κ1) is 23.4. The van der Waals surface area contributed by atoms with Crippen molar-refractivity contribution in [2.75, 3.05) is 13.7 Å². The average molecular weight is 413 g/mol. The van der Waals surface area contributed by atoms with Crippen molar-refractivity contribution in [3.63, 3.8) is 0 Å². The number of ether oxygens (including phenoxy) is 1. The summed E-state index contributed by atoms with van der Waals surface area (Å²) in [5.41, 5.74) is 3.69. The normalized spacial score (nSPS) is 12.0. The first-order chi connectivity index (χ1) is 14.0. The van der Waals surface area contributed by atoms with Gasteiger partial charge in [0.2, 0.25) is 0 Å². The van der Waals surface area contributed by atoms with E-state index in [1.807, 2.05) is 32.9 Å². The molecule has 1 atom stereocenters. The molecular formula is C24H32N2O4. The van der Waals surface area contributed by atoms with E-state index in [1.165, 1.54) is 7.11 Å². The van der Waals surface area contributed by atoms with Crippen LogP contribution in [0.15, 0.2) is 24.3 Å². The Bertz CT molecular complexity index is 955. The van der Waals surface area contributed by atoms with E-state index in [-0.39, 0.29) is 17.6 Å². The fraction of sp³-hybridized carbons (Fsp3) is 0.458. The maximum Gasteiger partial charge on any atom is 0.354 e. The van der Waals surface area contributed by atoms with Gasteiger partial charge in [0.1, 0.15) is 5.69 Å². The average Bonchev–Trinajstić information content (AvgIpc) is 2.93. The Morgan fingerprint density at radius 3 is 2.10 bits per heavy atom. The van der Waals surface area contributed by atoms with Gasteiger partial charge in [0.15, 0.2) is 5.78 Å². The molecule has 0 saturated carbocycles. The Balaban J connectivity index is 2.47. The predicted molar refractivity (Wildman–Crippen MR) is 117 cm³/mol. The third kappa shape index (κ3) is 4.48. The van der Waals surface area contributed by atoms with Crippen molar-refractivity contribution in [1.82, 2.24) is 9.47 Å². The number of benzene rings is 1. The molecule has 1 unspecified atom stereocenters. The number of Topliss-reactive ketones (excluding diaryl/α,β-unsaturated/α-hetero) is 1. The summed E-state index contributed by atoms with van der Waals surface area (Å²) in [5.74, 6) is -0.654. The van der Waals surface area contributed by atoms with Crippen LogP contribution in [0, 0.1) is 26.7 Å². The van der Waals surface area contributed by atoms with Gasteiger partial charge < -0.3 is 14.2 Å². The monoisotopic (exact) mass is 412 g/mol. The second kappa shape index (κ2) is 9.28. The van der Waals surface area contributed by atoms with Crippen molar-refractivity contribution in [2.45, 2.75) is 47.6 Å². The van der Waals surface area contributed by atoms with E-state index in [9.17, 15) is 14.4 Å². The highest BCUT2D eigenvalue weighted by atomic mass is 16.5. The number of aryl methyl sites for hydroxylation is 1. The lowest BCUT2D eigenvalue weighted by Crippen LogP contribution is -2.45. The minimum Gasteiger partial charge on any atom is -0.464 e. The van der Waals surface area contributed by atoms with Gasteiger partial charge in [-0.1, -0.05) is 31.5 Å². The van der Waals surface area contributed by atoms with E-state index in [0.717, 1.165) is 5.56 Å². The van der Waals surface area contributed by atoms with Crippen molar-refractivity contribution < 1.29 is 19.1 Å². The number of aromatic nitrogens is 1. The highest BCUT2D eigenvalue weighted by Gasteiger charge is 2.33. The Morgan fingerprint density at radius 1 is 1.03 bits per heavy atom. The Kier molecular flexibility index (Phi) is 7.24. The van der Waals surface area contributed by atoms with Crippen LogP contribution >= 0.6 is 0 Å². The van der Waals surface area contributed by atoms with Gasteiger partial charge in [0.25, 0.3) is 5.91 Å². The SMILES string of the molecule is COC(=O)c1c(C)c(C(=O)C(C)N(CC(C)C)C(=O)c2ccc(C)cc2)c(C)n1C. The Morgan fingerprint density at radius 2 is 1.60 bits per heavy atom. The number of ketones is 1. The molecule has 1 aromatic heterocycles. The smallest absolute Gasteiger partial charge is 0.354 e. The fourth-order valence-corrected chi connectivity index (χ4v) is 3.75. The topological polar surface area (TPSA) is 68.6 Å². The second-order valence-corrected chi connectivity index (χ2v) is 8.24. The highest BCUT2D eigenvalue weighted by Crippen LogP contribution is 2.25. The molecule has 0 fully saturated rings. The standard InChI is InChI=1S/C24H32N2O4/c1-14(2)13-26(23(28)19-11-9-15(3)10-12-19)18(6)22(27)20-16(4)21(24(29)30-8)25(7)17(20)5/h9-12,14,18H,13H2,1-8H3. The summed E-state index contributed by atoms with van der Waals surface area (Å²) in [6.07, 6.45) is 0. The molecule has 6 heteroatoms. The van der Waals surface area contributed by atoms with Gasteiger partial charge in [-0.25, -0.2) is 4.79 Å². The number of nitrogens with zero attached hydrogens (tertiary/aromatic N) is 2. The van der Waals surface area contributed by atoms with Gasteiger partial charge in [-0.15, -0.1) is 0 Å². The van der Waals surface area contributed by atoms with Crippen LogP contribution in [0.1, 0.15) is 68.8 Å². The molecule has 0 saturated heterocycles. The van der Waals surface area contributed by atoms with Crippen molar-refractivity contribution in [3.05, 3.63) is 57.9 Å². The molecule has 2 aromatic rings. The minimum atomic E-state index is -0.675. The van der Waals surface area contributed by atoms with Crippen molar-refractivity contribution in [1.29, 1.82) is 0 Å². The van der Waals surface area contributed by atoms with Crippen molar-refractivity contribution in [2.24, 2.45) is 13.0 Å². The zero-order valence-electron chi connectivity index (χ0n) is 19.2. The fourth-order valence-electron chi connectivity index (χ4n) is 3.75. The number of carbonyl (C=O) groups is 3. The lowest BCUT2D eigenvalue weighted by Gasteiger charge is -2.30. The van der Waals surface area contributed by atoms with Crippen LogP contribution in [0.5, 0.6) is 0 Å². The van der Waals surface area contributed by atoms with E-state index >= 15 is 0 Å². The molecule has 0 aliphatic carbocycles. The number of hydrogen-bond acceptors (Lipinski definition) is 4. The summed E-state index contributed by atoms with van der Waals surface area (Å²) >= 11 is 0. The second-order valence-electron chi connectivity index (χ2n) is 8.24. The molecule has 2 rings (SSSR count). The van der Waals surface area contributed by atoms with Crippen LogP contribution in [-0.2, 0) is 11.8 Å². The molecule has 0 aliphatic rings. The summed E-state index contributed by atoms with van der Waals surface area (Å²) in [7, 11) is 3.05. The zero-order chi connectivity index (χ0) is 22.7. The molecule has 0 N–H and O–H groups in total. The molecule has 0 bridgehead atoms. The highest BCUT2D eigenvalue weighted by molar-refractivity contribution is 6.07. The molecular weight excluding hydrogens is 380 g/mol. The van der Waals surface area contributed by atoms with Gasteiger partial charge in [-0.3, -0.25) is 9.59 Å². The number of amides is 1. The van der Waals surface area contributed by atoms with Crippen LogP contribution in [-0.4, -0.2) is 46.8 Å². The molecule has 162 valence electrons. The maximum atomic E-state index is 13.5. The summed E-state index contributed by atoms with van der Waals surface area (Å²) < 4.78 is 6.55. The van der Waals surface area contributed by atoms with E-state index < -0.39 is 12.0 Å². The zero-order valence-corrected chi connectivity index (χ0v) is 19.2.